The van der Waals surface area contributed by atoms with Crippen LogP contribution in [-0.2, 0) is 11.3 Å². The lowest BCUT2D eigenvalue weighted by molar-refractivity contribution is -0.127. The van der Waals surface area contributed by atoms with Crippen LogP contribution in [0.15, 0.2) is 58.1 Å². The molecule has 0 saturated carbocycles. The van der Waals surface area contributed by atoms with Crippen molar-refractivity contribution in [3.05, 3.63) is 54.5 Å². The van der Waals surface area contributed by atoms with Gasteiger partial charge in [-0.1, -0.05) is 18.2 Å². The Hall–Kier alpha value is -2.23. The van der Waals surface area contributed by atoms with Crippen LogP contribution in [0.4, 0.5) is 5.69 Å². The van der Waals surface area contributed by atoms with Gasteiger partial charge in [0.15, 0.2) is 5.96 Å². The molecule has 160 valence electrons. The number of aliphatic imine (C=N–C) groups is 1. The predicted molar refractivity (Wildman–Crippen MR) is 129 cm³/mol. The zero-order valence-corrected chi connectivity index (χ0v) is 20.0. The van der Waals surface area contributed by atoms with Gasteiger partial charge in [-0.25, -0.2) is 4.99 Å². The number of nitrogens with zero attached hydrogens (tertiary/aromatic N) is 4. The average molecular weight is 513 g/mol. The second-order valence-corrected chi connectivity index (χ2v) is 6.90. The summed E-state index contributed by atoms with van der Waals surface area (Å²) in [5, 5.41) is 3.37. The molecule has 0 fully saturated rings. The number of halogens is 1. The predicted octanol–water partition coefficient (Wildman–Crippen LogP) is 2.89. The molecule has 29 heavy (non-hydrogen) atoms. The van der Waals surface area contributed by atoms with Crippen LogP contribution in [0.25, 0.3) is 0 Å². The Labute approximate surface area is 190 Å². The van der Waals surface area contributed by atoms with Gasteiger partial charge < -0.3 is 24.4 Å². The maximum Gasteiger partial charge on any atom is 0.243 e. The molecule has 1 aromatic heterocycles. The molecule has 2 aromatic rings. The summed E-state index contributed by atoms with van der Waals surface area (Å²) in [6.07, 6.45) is 2.60. The SMILES string of the molecule is CN(C)C(=O)CN=C(NCCCN(C)c1ccccc1)N(C)Cc1ccco1.I. The normalized spacial score (nSPS) is 10.8. The first kappa shape index (κ1) is 24.8. The fourth-order valence-electron chi connectivity index (χ4n) is 2.63. The van der Waals surface area contributed by atoms with E-state index >= 15 is 0 Å². The number of rotatable bonds is 9. The molecule has 1 heterocycles. The second-order valence-electron chi connectivity index (χ2n) is 6.90. The van der Waals surface area contributed by atoms with E-state index in [1.165, 1.54) is 5.69 Å². The number of carbonyl (C=O) groups excluding carboxylic acids is 1. The molecular formula is C21H32IN5O2. The Bertz CT molecular complexity index is 735. The highest BCUT2D eigenvalue weighted by Gasteiger charge is 2.11. The van der Waals surface area contributed by atoms with E-state index in [-0.39, 0.29) is 36.4 Å². The topological polar surface area (TPSA) is 64.3 Å². The van der Waals surface area contributed by atoms with E-state index < -0.39 is 0 Å². The van der Waals surface area contributed by atoms with Crippen molar-refractivity contribution in [1.29, 1.82) is 0 Å². The molecule has 0 aliphatic heterocycles. The lowest BCUT2D eigenvalue weighted by Gasteiger charge is -2.23. The number of likely N-dealkylation sites (N-methyl/N-ethyl adjacent to an activating group) is 1. The second kappa shape index (κ2) is 13.1. The lowest BCUT2D eigenvalue weighted by atomic mass is 10.3. The minimum Gasteiger partial charge on any atom is -0.467 e. The lowest BCUT2D eigenvalue weighted by Crippen LogP contribution is -2.40. The molecule has 8 heteroatoms. The number of furan rings is 1. The zero-order chi connectivity index (χ0) is 20.4. The minimum absolute atomic E-state index is 0. The number of anilines is 1. The molecule has 0 atom stereocenters. The highest BCUT2D eigenvalue weighted by molar-refractivity contribution is 14.0. The minimum atomic E-state index is -0.0329. The number of hydrogen-bond donors (Lipinski definition) is 1. The monoisotopic (exact) mass is 513 g/mol. The smallest absolute Gasteiger partial charge is 0.243 e. The third-order valence-corrected chi connectivity index (χ3v) is 4.35. The highest BCUT2D eigenvalue weighted by Crippen LogP contribution is 2.10. The van der Waals surface area contributed by atoms with E-state index in [1.54, 1.807) is 25.3 Å². The van der Waals surface area contributed by atoms with Crippen LogP contribution >= 0.6 is 24.0 Å². The summed E-state index contributed by atoms with van der Waals surface area (Å²) in [5.41, 5.74) is 1.20. The van der Waals surface area contributed by atoms with Crippen molar-refractivity contribution in [2.75, 3.05) is 52.7 Å². The Morgan fingerprint density at radius 2 is 1.79 bits per heavy atom. The number of benzene rings is 1. The van der Waals surface area contributed by atoms with Crippen molar-refractivity contribution in [1.82, 2.24) is 15.1 Å². The number of amides is 1. The molecule has 0 bridgehead atoms. The number of para-hydroxylation sites is 1. The van der Waals surface area contributed by atoms with Crippen molar-refractivity contribution in [3.63, 3.8) is 0 Å². The Morgan fingerprint density at radius 1 is 1.07 bits per heavy atom. The van der Waals surface area contributed by atoms with E-state index in [0.29, 0.717) is 12.5 Å². The van der Waals surface area contributed by atoms with Crippen molar-refractivity contribution < 1.29 is 9.21 Å². The van der Waals surface area contributed by atoms with Gasteiger partial charge in [-0.3, -0.25) is 4.79 Å². The van der Waals surface area contributed by atoms with Crippen LogP contribution in [0.5, 0.6) is 0 Å². The summed E-state index contributed by atoms with van der Waals surface area (Å²) >= 11 is 0. The molecule has 1 amide bonds. The number of nitrogens with one attached hydrogen (secondary N) is 1. The quantitative estimate of drug-likeness (QED) is 0.242. The fraction of sp³-hybridized carbons (Fsp3) is 0.429. The zero-order valence-electron chi connectivity index (χ0n) is 17.7. The van der Waals surface area contributed by atoms with Crippen LogP contribution in [0, 0.1) is 0 Å². The third kappa shape index (κ3) is 8.76. The van der Waals surface area contributed by atoms with Crippen LogP contribution in [0.3, 0.4) is 0 Å². The molecule has 2 rings (SSSR count). The molecule has 0 saturated heterocycles. The average Bonchev–Trinajstić information content (AvgIpc) is 3.20. The molecule has 7 nitrogen and oxygen atoms in total. The number of hydrogen-bond acceptors (Lipinski definition) is 4. The molecule has 0 radical (unpaired) electrons. The van der Waals surface area contributed by atoms with Crippen molar-refractivity contribution in [2.45, 2.75) is 13.0 Å². The van der Waals surface area contributed by atoms with E-state index in [9.17, 15) is 4.79 Å². The first-order valence-corrected chi connectivity index (χ1v) is 9.45. The number of carbonyl (C=O) groups is 1. The van der Waals surface area contributed by atoms with Crippen molar-refractivity contribution >= 4 is 41.5 Å². The maximum absolute atomic E-state index is 11.9. The molecule has 0 unspecified atom stereocenters. The number of guanidine groups is 1. The van der Waals surface area contributed by atoms with Gasteiger partial charge in [0.2, 0.25) is 5.91 Å². The molecule has 0 spiro atoms. The molecule has 1 aromatic carbocycles. The summed E-state index contributed by atoms with van der Waals surface area (Å²) in [4.78, 5) is 22.1. The maximum atomic E-state index is 11.9. The van der Waals surface area contributed by atoms with E-state index in [2.05, 4.69) is 34.4 Å². The van der Waals surface area contributed by atoms with Gasteiger partial charge in [0.05, 0.1) is 12.8 Å². The fourth-order valence-corrected chi connectivity index (χ4v) is 2.63. The van der Waals surface area contributed by atoms with E-state index in [1.807, 2.05) is 42.3 Å². The largest absolute Gasteiger partial charge is 0.467 e. The van der Waals surface area contributed by atoms with Gasteiger partial charge in [-0.2, -0.15) is 0 Å². The van der Waals surface area contributed by atoms with Crippen LogP contribution < -0.4 is 10.2 Å². The summed E-state index contributed by atoms with van der Waals surface area (Å²) < 4.78 is 5.42. The van der Waals surface area contributed by atoms with E-state index in [4.69, 9.17) is 4.42 Å². The van der Waals surface area contributed by atoms with Gasteiger partial charge in [-0.05, 0) is 30.7 Å². The van der Waals surface area contributed by atoms with Gasteiger partial charge in [0, 0.05) is 47.0 Å². The summed E-state index contributed by atoms with van der Waals surface area (Å²) in [6.45, 7) is 2.37. The summed E-state index contributed by atoms with van der Waals surface area (Å²) in [5.74, 6) is 1.50. The van der Waals surface area contributed by atoms with Crippen LogP contribution in [-0.4, -0.2) is 69.5 Å². The van der Waals surface area contributed by atoms with Gasteiger partial charge in [0.1, 0.15) is 12.3 Å². The molecule has 0 aliphatic rings. The highest BCUT2D eigenvalue weighted by atomic mass is 127. The third-order valence-electron chi connectivity index (χ3n) is 4.35. The molecular weight excluding hydrogens is 481 g/mol. The van der Waals surface area contributed by atoms with Crippen LogP contribution in [0.1, 0.15) is 12.2 Å². The standard InChI is InChI=1S/C21H31N5O2.HI/c1-24(2)20(27)16-23-21(26(4)17-19-12-8-15-28-19)22-13-9-14-25(3)18-10-6-5-7-11-18;/h5-8,10-12,15H,9,13-14,16-17H2,1-4H3,(H,22,23);1H. The van der Waals surface area contributed by atoms with Crippen molar-refractivity contribution in [3.8, 4) is 0 Å². The first-order valence-electron chi connectivity index (χ1n) is 9.45. The van der Waals surface area contributed by atoms with Gasteiger partial charge >= 0.3 is 0 Å². The van der Waals surface area contributed by atoms with Crippen molar-refractivity contribution in [2.24, 2.45) is 4.99 Å². The summed E-state index contributed by atoms with van der Waals surface area (Å²) in [6, 6.07) is 14.1. The first-order chi connectivity index (χ1) is 13.5. The molecule has 0 aliphatic carbocycles. The van der Waals surface area contributed by atoms with Gasteiger partial charge in [0.25, 0.3) is 0 Å². The van der Waals surface area contributed by atoms with E-state index in [0.717, 1.165) is 25.3 Å². The molecule has 1 N–H and O–H groups in total. The Morgan fingerprint density at radius 3 is 2.41 bits per heavy atom. The van der Waals surface area contributed by atoms with Crippen LogP contribution in [0.2, 0.25) is 0 Å². The Balaban J connectivity index is 0.00000420. The Kier molecular flexibility index (Phi) is 11.2. The van der Waals surface area contributed by atoms with Gasteiger partial charge in [-0.15, -0.1) is 24.0 Å². The summed E-state index contributed by atoms with van der Waals surface area (Å²) in [7, 11) is 7.49.